The van der Waals surface area contributed by atoms with Crippen molar-refractivity contribution in [2.75, 3.05) is 0 Å². The average molecular weight is 280 g/mol. The van der Waals surface area contributed by atoms with Crippen molar-refractivity contribution in [3.63, 3.8) is 0 Å². The predicted molar refractivity (Wildman–Crippen MR) is 58.7 cm³/mol. The van der Waals surface area contributed by atoms with E-state index < -0.39 is 0 Å². The van der Waals surface area contributed by atoms with Gasteiger partial charge in [0.05, 0.1) is 14.9 Å². The van der Waals surface area contributed by atoms with Crippen LogP contribution in [-0.4, -0.2) is 0 Å². The van der Waals surface area contributed by atoms with Crippen molar-refractivity contribution in [3.8, 4) is 0 Å². The van der Waals surface area contributed by atoms with Crippen LogP contribution in [0.25, 0.3) is 11.0 Å². The lowest BCUT2D eigenvalue weighted by Gasteiger charge is -1.94. The zero-order valence-corrected chi connectivity index (χ0v) is 9.79. The summed E-state index contributed by atoms with van der Waals surface area (Å²) in [6.07, 6.45) is 0. The van der Waals surface area contributed by atoms with Crippen LogP contribution in [0.1, 0.15) is 5.76 Å². The fourth-order valence-corrected chi connectivity index (χ4v) is 2.40. The molecule has 1 heterocycles. The Bertz CT molecular complexity index is 476. The Morgan fingerprint density at radius 1 is 1.31 bits per heavy atom. The minimum atomic E-state index is 0.582. The quantitative estimate of drug-likeness (QED) is 0.674. The molecule has 13 heavy (non-hydrogen) atoms. The third-order valence-electron chi connectivity index (χ3n) is 1.81. The van der Waals surface area contributed by atoms with Crippen LogP contribution in [0.15, 0.2) is 21.0 Å². The molecule has 68 valence electrons. The Hall–Kier alpha value is -0.180. The molecule has 1 aromatic heterocycles. The van der Waals surface area contributed by atoms with Crippen molar-refractivity contribution >= 4 is 50.1 Å². The van der Waals surface area contributed by atoms with Crippen LogP contribution in [0.4, 0.5) is 0 Å². The third kappa shape index (κ3) is 1.47. The Morgan fingerprint density at radius 2 is 2.00 bits per heavy atom. The van der Waals surface area contributed by atoms with Crippen molar-refractivity contribution in [2.24, 2.45) is 0 Å². The van der Waals surface area contributed by atoms with Gasteiger partial charge in [-0.05, 0) is 28.9 Å². The molecule has 0 bridgehead atoms. The minimum Gasteiger partial charge on any atom is -0.460 e. The van der Waals surface area contributed by atoms with Gasteiger partial charge >= 0.3 is 0 Å². The maximum absolute atomic E-state index is 6.01. The largest absolute Gasteiger partial charge is 0.460 e. The van der Waals surface area contributed by atoms with Gasteiger partial charge in [0, 0.05) is 11.1 Å². The van der Waals surface area contributed by atoms with Crippen LogP contribution in [0, 0.1) is 6.92 Å². The van der Waals surface area contributed by atoms with E-state index in [-0.39, 0.29) is 0 Å². The standard InChI is InChI=1S/C9H5BrCl2O/c1-4-9(10)8-6(12)2-5(11)3-7(8)13-4/h2-3H,1H3. The highest BCUT2D eigenvalue weighted by molar-refractivity contribution is 9.10. The highest BCUT2D eigenvalue weighted by Gasteiger charge is 2.12. The molecule has 0 unspecified atom stereocenters. The van der Waals surface area contributed by atoms with E-state index in [0.717, 1.165) is 15.6 Å². The van der Waals surface area contributed by atoms with E-state index in [0.29, 0.717) is 15.6 Å². The molecule has 0 saturated heterocycles. The first-order valence-electron chi connectivity index (χ1n) is 3.63. The maximum Gasteiger partial charge on any atom is 0.138 e. The SMILES string of the molecule is Cc1oc2cc(Cl)cc(Cl)c2c1Br. The fraction of sp³-hybridized carbons (Fsp3) is 0.111. The summed E-state index contributed by atoms with van der Waals surface area (Å²) in [7, 11) is 0. The summed E-state index contributed by atoms with van der Waals surface area (Å²) in [6, 6.07) is 3.45. The fourth-order valence-electron chi connectivity index (χ4n) is 1.23. The molecule has 0 aliphatic carbocycles. The average Bonchev–Trinajstić information content (AvgIpc) is 2.27. The lowest BCUT2D eigenvalue weighted by atomic mass is 10.2. The third-order valence-corrected chi connectivity index (χ3v) is 3.28. The Labute approximate surface area is 93.7 Å². The number of hydrogen-bond acceptors (Lipinski definition) is 1. The first-order chi connectivity index (χ1) is 6.09. The van der Waals surface area contributed by atoms with Crippen LogP contribution >= 0.6 is 39.1 Å². The van der Waals surface area contributed by atoms with Crippen LogP contribution in [-0.2, 0) is 0 Å². The molecule has 4 heteroatoms. The number of benzene rings is 1. The van der Waals surface area contributed by atoms with Crippen LogP contribution in [0.3, 0.4) is 0 Å². The van der Waals surface area contributed by atoms with E-state index in [2.05, 4.69) is 15.9 Å². The molecule has 1 aromatic carbocycles. The van der Waals surface area contributed by atoms with E-state index in [9.17, 15) is 0 Å². The van der Waals surface area contributed by atoms with E-state index in [1.165, 1.54) is 0 Å². The normalized spacial score (nSPS) is 11.1. The van der Waals surface area contributed by atoms with Gasteiger partial charge in [-0.1, -0.05) is 23.2 Å². The molecule has 0 saturated carbocycles. The van der Waals surface area contributed by atoms with Crippen LogP contribution in [0.5, 0.6) is 0 Å². The zero-order valence-electron chi connectivity index (χ0n) is 6.70. The van der Waals surface area contributed by atoms with Crippen molar-refractivity contribution in [2.45, 2.75) is 6.92 Å². The number of rotatable bonds is 0. The van der Waals surface area contributed by atoms with E-state index in [4.69, 9.17) is 27.6 Å². The van der Waals surface area contributed by atoms with E-state index in [1.54, 1.807) is 12.1 Å². The van der Waals surface area contributed by atoms with Crippen LogP contribution in [0.2, 0.25) is 10.0 Å². The lowest BCUT2D eigenvalue weighted by molar-refractivity contribution is 0.576. The van der Waals surface area contributed by atoms with Crippen molar-refractivity contribution in [3.05, 3.63) is 32.4 Å². The lowest BCUT2D eigenvalue weighted by Crippen LogP contribution is -1.69. The molecule has 2 rings (SSSR count). The number of furan rings is 1. The first kappa shape index (κ1) is 9.38. The molecule has 0 amide bonds. The molecule has 0 N–H and O–H groups in total. The summed E-state index contributed by atoms with van der Waals surface area (Å²) >= 11 is 15.2. The maximum atomic E-state index is 6.01. The minimum absolute atomic E-state index is 0.582. The summed E-state index contributed by atoms with van der Waals surface area (Å²) in [6.45, 7) is 1.87. The molecule has 1 nitrogen and oxygen atoms in total. The number of halogens is 3. The van der Waals surface area contributed by atoms with E-state index in [1.807, 2.05) is 6.92 Å². The van der Waals surface area contributed by atoms with Gasteiger partial charge in [-0.3, -0.25) is 0 Å². The second-order valence-electron chi connectivity index (χ2n) is 2.73. The highest BCUT2D eigenvalue weighted by atomic mass is 79.9. The highest BCUT2D eigenvalue weighted by Crippen LogP contribution is 2.37. The van der Waals surface area contributed by atoms with Crippen molar-refractivity contribution in [1.29, 1.82) is 0 Å². The monoisotopic (exact) mass is 278 g/mol. The molecular weight excluding hydrogens is 275 g/mol. The van der Waals surface area contributed by atoms with Gasteiger partial charge in [0.1, 0.15) is 11.3 Å². The topological polar surface area (TPSA) is 13.1 Å². The Morgan fingerprint density at radius 3 is 2.69 bits per heavy atom. The summed E-state index contributed by atoms with van der Waals surface area (Å²) < 4.78 is 6.34. The zero-order chi connectivity index (χ0) is 9.59. The molecule has 2 aromatic rings. The molecule has 0 aliphatic heterocycles. The smallest absolute Gasteiger partial charge is 0.138 e. The Balaban J connectivity index is 2.94. The first-order valence-corrected chi connectivity index (χ1v) is 5.18. The van der Waals surface area contributed by atoms with Gasteiger partial charge in [0.2, 0.25) is 0 Å². The number of hydrogen-bond donors (Lipinski definition) is 0. The van der Waals surface area contributed by atoms with Gasteiger partial charge in [-0.15, -0.1) is 0 Å². The van der Waals surface area contributed by atoms with Gasteiger partial charge < -0.3 is 4.42 Å². The summed E-state index contributed by atoms with van der Waals surface area (Å²) in [5.74, 6) is 0.805. The molecule has 0 fully saturated rings. The second-order valence-corrected chi connectivity index (χ2v) is 4.37. The van der Waals surface area contributed by atoms with Crippen LogP contribution < -0.4 is 0 Å². The summed E-state index contributed by atoms with van der Waals surface area (Å²) in [5, 5.41) is 2.06. The second kappa shape index (κ2) is 3.19. The van der Waals surface area contributed by atoms with E-state index >= 15 is 0 Å². The van der Waals surface area contributed by atoms with Crippen molar-refractivity contribution in [1.82, 2.24) is 0 Å². The summed E-state index contributed by atoms with van der Waals surface area (Å²) in [5.41, 5.74) is 0.710. The molecule has 0 spiro atoms. The summed E-state index contributed by atoms with van der Waals surface area (Å²) in [4.78, 5) is 0. The van der Waals surface area contributed by atoms with Gasteiger partial charge in [-0.2, -0.15) is 0 Å². The molecule has 0 radical (unpaired) electrons. The molecular formula is C9H5BrCl2O. The number of aryl methyl sites for hydroxylation is 1. The molecule has 0 atom stereocenters. The van der Waals surface area contributed by atoms with Gasteiger partial charge in [-0.25, -0.2) is 0 Å². The predicted octanol–water partition coefficient (Wildman–Crippen LogP) is 4.81. The Kier molecular flexibility index (Phi) is 2.30. The molecule has 0 aliphatic rings. The number of fused-ring (bicyclic) bond motifs is 1. The van der Waals surface area contributed by atoms with Crippen molar-refractivity contribution < 1.29 is 4.42 Å². The van der Waals surface area contributed by atoms with Gasteiger partial charge in [0.15, 0.2) is 0 Å². The van der Waals surface area contributed by atoms with Gasteiger partial charge in [0.25, 0.3) is 0 Å².